The first-order valence-corrected chi connectivity index (χ1v) is 9.12. The number of amides is 1. The molecule has 3 aromatic rings. The van der Waals surface area contributed by atoms with Crippen molar-refractivity contribution in [2.45, 2.75) is 20.8 Å². The maximum Gasteiger partial charge on any atom is 0.341 e. The number of methoxy groups -OCH3 is 2. The summed E-state index contributed by atoms with van der Waals surface area (Å²) in [5.41, 5.74) is 3.02. The zero-order valence-electron chi connectivity index (χ0n) is 15.8. The summed E-state index contributed by atoms with van der Waals surface area (Å²) >= 11 is 1.35. The highest BCUT2D eigenvalue weighted by atomic mass is 32.1. The lowest BCUT2D eigenvalue weighted by molar-refractivity contribution is 0.0601. The summed E-state index contributed by atoms with van der Waals surface area (Å²) < 4.78 is 10.1. The number of hydrogen-bond acceptors (Lipinski definition) is 6. The fourth-order valence-corrected chi connectivity index (χ4v) is 3.88. The molecule has 0 aliphatic heterocycles. The van der Waals surface area contributed by atoms with Gasteiger partial charge in [-0.25, -0.2) is 4.79 Å². The number of rotatable bonds is 4. The standard InChI is InChI=1S/C20H20N2O4S/c1-10-12(3)27-19(17(10)20(24)26-5)22-18(23)15-9-13-8-14(25-4)6-7-16(13)21-11(15)2/h6-9H,1-5H3,(H,22,23). The average molecular weight is 384 g/mol. The molecule has 0 aliphatic rings. The van der Waals surface area contributed by atoms with Crippen LogP contribution in [-0.4, -0.2) is 31.1 Å². The number of anilines is 1. The highest BCUT2D eigenvalue weighted by Gasteiger charge is 2.23. The van der Waals surface area contributed by atoms with Crippen LogP contribution in [0.3, 0.4) is 0 Å². The van der Waals surface area contributed by atoms with Gasteiger partial charge in [0.1, 0.15) is 10.8 Å². The number of esters is 1. The number of nitrogens with one attached hydrogen (secondary N) is 1. The van der Waals surface area contributed by atoms with E-state index in [1.807, 2.05) is 32.0 Å². The number of aryl methyl sites for hydroxylation is 2. The Balaban J connectivity index is 2.01. The Morgan fingerprint density at radius 2 is 1.85 bits per heavy atom. The molecule has 0 aliphatic carbocycles. The van der Waals surface area contributed by atoms with Crippen LogP contribution in [0.1, 0.15) is 36.9 Å². The Morgan fingerprint density at radius 3 is 2.52 bits per heavy atom. The van der Waals surface area contributed by atoms with Crippen LogP contribution >= 0.6 is 11.3 Å². The molecular weight excluding hydrogens is 364 g/mol. The lowest BCUT2D eigenvalue weighted by Gasteiger charge is -2.10. The van der Waals surface area contributed by atoms with Crippen LogP contribution in [-0.2, 0) is 4.74 Å². The first kappa shape index (κ1) is 18.8. The van der Waals surface area contributed by atoms with E-state index in [2.05, 4.69) is 10.3 Å². The smallest absolute Gasteiger partial charge is 0.341 e. The van der Waals surface area contributed by atoms with Crippen molar-refractivity contribution < 1.29 is 19.1 Å². The molecule has 0 unspecified atom stereocenters. The van der Waals surface area contributed by atoms with E-state index in [1.165, 1.54) is 18.4 Å². The molecule has 2 heterocycles. The number of benzene rings is 1. The van der Waals surface area contributed by atoms with E-state index in [4.69, 9.17) is 9.47 Å². The predicted molar refractivity (Wildman–Crippen MR) is 106 cm³/mol. The van der Waals surface area contributed by atoms with Crippen LogP contribution < -0.4 is 10.1 Å². The summed E-state index contributed by atoms with van der Waals surface area (Å²) in [4.78, 5) is 30.4. The normalized spacial score (nSPS) is 10.7. The summed E-state index contributed by atoms with van der Waals surface area (Å²) in [5.74, 6) is -0.0987. The van der Waals surface area contributed by atoms with Crippen LogP contribution in [0.25, 0.3) is 10.9 Å². The molecule has 27 heavy (non-hydrogen) atoms. The lowest BCUT2D eigenvalue weighted by atomic mass is 10.1. The monoisotopic (exact) mass is 384 g/mol. The minimum absolute atomic E-state index is 0.323. The van der Waals surface area contributed by atoms with Gasteiger partial charge < -0.3 is 14.8 Å². The fourth-order valence-electron chi connectivity index (χ4n) is 2.84. The van der Waals surface area contributed by atoms with Crippen LogP contribution in [0, 0.1) is 20.8 Å². The van der Waals surface area contributed by atoms with Crippen molar-refractivity contribution >= 4 is 39.1 Å². The van der Waals surface area contributed by atoms with Crippen LogP contribution in [0.15, 0.2) is 24.3 Å². The summed E-state index contributed by atoms with van der Waals surface area (Å²) in [6, 6.07) is 7.29. The van der Waals surface area contributed by atoms with E-state index in [0.717, 1.165) is 21.3 Å². The molecule has 7 heteroatoms. The van der Waals surface area contributed by atoms with Gasteiger partial charge in [0.25, 0.3) is 5.91 Å². The van der Waals surface area contributed by atoms with E-state index in [1.54, 1.807) is 20.1 Å². The van der Waals surface area contributed by atoms with Crippen molar-refractivity contribution in [1.29, 1.82) is 0 Å². The number of hydrogen-bond donors (Lipinski definition) is 1. The molecule has 0 saturated carbocycles. The molecule has 1 aromatic carbocycles. The molecule has 6 nitrogen and oxygen atoms in total. The zero-order valence-corrected chi connectivity index (χ0v) is 16.6. The van der Waals surface area contributed by atoms with E-state index >= 15 is 0 Å². The van der Waals surface area contributed by atoms with Gasteiger partial charge in [0.2, 0.25) is 0 Å². The molecule has 0 spiro atoms. The number of aromatic nitrogens is 1. The van der Waals surface area contributed by atoms with E-state index in [9.17, 15) is 9.59 Å². The number of carbonyl (C=O) groups is 2. The largest absolute Gasteiger partial charge is 0.497 e. The molecule has 2 aromatic heterocycles. The van der Waals surface area contributed by atoms with E-state index in [0.29, 0.717) is 27.6 Å². The topological polar surface area (TPSA) is 77.5 Å². The van der Waals surface area contributed by atoms with E-state index in [-0.39, 0.29) is 5.91 Å². The van der Waals surface area contributed by atoms with Gasteiger partial charge in [0, 0.05) is 10.3 Å². The maximum atomic E-state index is 12.9. The number of thiophene rings is 1. The summed E-state index contributed by atoms with van der Waals surface area (Å²) in [6.07, 6.45) is 0. The Hall–Kier alpha value is -2.93. The molecule has 3 rings (SSSR count). The molecule has 0 fully saturated rings. The Morgan fingerprint density at radius 1 is 1.11 bits per heavy atom. The number of nitrogens with zero attached hydrogens (tertiary/aromatic N) is 1. The second-order valence-corrected chi connectivity index (χ2v) is 7.34. The first-order chi connectivity index (χ1) is 12.8. The van der Waals surface area contributed by atoms with Gasteiger partial charge in [0.15, 0.2) is 0 Å². The SMILES string of the molecule is COC(=O)c1c(NC(=O)c2cc3cc(OC)ccc3nc2C)sc(C)c1C. The quantitative estimate of drug-likeness (QED) is 0.680. The van der Waals surface area contributed by atoms with E-state index < -0.39 is 5.97 Å². The van der Waals surface area contributed by atoms with Gasteiger partial charge in [0.05, 0.1) is 36.6 Å². The minimum atomic E-state index is -0.467. The van der Waals surface area contributed by atoms with Gasteiger partial charge >= 0.3 is 5.97 Å². The van der Waals surface area contributed by atoms with Crippen molar-refractivity contribution in [3.05, 3.63) is 51.5 Å². The van der Waals surface area contributed by atoms with Gasteiger partial charge in [-0.2, -0.15) is 0 Å². The van der Waals surface area contributed by atoms with Crippen molar-refractivity contribution in [3.8, 4) is 5.75 Å². The van der Waals surface area contributed by atoms with Crippen LogP contribution in [0.4, 0.5) is 5.00 Å². The Labute approximate surface area is 161 Å². The molecular formula is C20H20N2O4S. The van der Waals surface area contributed by atoms with Crippen LogP contribution in [0.2, 0.25) is 0 Å². The second-order valence-electron chi connectivity index (χ2n) is 6.11. The average Bonchev–Trinajstić information content (AvgIpc) is 2.93. The molecule has 1 amide bonds. The third kappa shape index (κ3) is 3.50. The molecule has 1 N–H and O–H groups in total. The molecule has 0 bridgehead atoms. The maximum absolute atomic E-state index is 12.9. The number of pyridine rings is 1. The number of carbonyl (C=O) groups excluding carboxylic acids is 2. The molecule has 0 saturated heterocycles. The lowest BCUT2D eigenvalue weighted by Crippen LogP contribution is -2.16. The third-order valence-electron chi connectivity index (χ3n) is 4.46. The molecule has 140 valence electrons. The van der Waals surface area contributed by atoms with Crippen molar-refractivity contribution in [2.75, 3.05) is 19.5 Å². The van der Waals surface area contributed by atoms with Crippen molar-refractivity contribution in [3.63, 3.8) is 0 Å². The Bertz CT molecular complexity index is 1060. The van der Waals surface area contributed by atoms with Crippen LogP contribution in [0.5, 0.6) is 5.75 Å². The number of ether oxygens (including phenoxy) is 2. The highest BCUT2D eigenvalue weighted by Crippen LogP contribution is 2.33. The van der Waals surface area contributed by atoms with Gasteiger partial charge in [-0.3, -0.25) is 9.78 Å². The minimum Gasteiger partial charge on any atom is -0.497 e. The highest BCUT2D eigenvalue weighted by molar-refractivity contribution is 7.16. The van der Waals surface area contributed by atoms with Gasteiger partial charge in [-0.05, 0) is 50.6 Å². The zero-order chi connectivity index (χ0) is 19.7. The van der Waals surface area contributed by atoms with Crippen molar-refractivity contribution in [2.24, 2.45) is 0 Å². The van der Waals surface area contributed by atoms with Crippen molar-refractivity contribution in [1.82, 2.24) is 4.98 Å². The second kappa shape index (κ2) is 7.36. The van der Waals surface area contributed by atoms with Gasteiger partial charge in [-0.1, -0.05) is 0 Å². The first-order valence-electron chi connectivity index (χ1n) is 8.30. The molecule has 0 radical (unpaired) electrons. The summed E-state index contributed by atoms with van der Waals surface area (Å²) in [7, 11) is 2.91. The predicted octanol–water partition coefficient (Wildman–Crippen LogP) is 4.27. The van der Waals surface area contributed by atoms with Gasteiger partial charge in [-0.15, -0.1) is 11.3 Å². The Kier molecular flexibility index (Phi) is 5.14. The number of fused-ring (bicyclic) bond motifs is 1. The summed E-state index contributed by atoms with van der Waals surface area (Å²) in [5, 5.41) is 4.13. The third-order valence-corrected chi connectivity index (χ3v) is 5.58. The summed E-state index contributed by atoms with van der Waals surface area (Å²) in [6.45, 7) is 5.52. The fraction of sp³-hybridized carbons (Fsp3) is 0.250. The molecule has 0 atom stereocenters.